The molecule has 5 nitrogen and oxygen atoms in total. The molecular formula is C19H13ClN2O3S. The molecule has 0 saturated heterocycles. The van der Waals surface area contributed by atoms with E-state index in [1.165, 1.54) is 11.3 Å². The molecule has 2 aromatic heterocycles. The van der Waals surface area contributed by atoms with Crippen LogP contribution in [0.25, 0.3) is 21.1 Å². The minimum atomic E-state index is -0.626. The molecule has 2 aromatic carbocycles. The number of benzene rings is 2. The van der Waals surface area contributed by atoms with Gasteiger partial charge in [0.2, 0.25) is 0 Å². The third kappa shape index (κ3) is 2.64. The third-order valence-electron chi connectivity index (χ3n) is 4.04. The topological polar surface area (TPSA) is 71.3 Å². The summed E-state index contributed by atoms with van der Waals surface area (Å²) in [7, 11) is 1.68. The normalized spacial score (nSPS) is 11.0. The smallest absolute Gasteiger partial charge is 0.362 e. The fourth-order valence-corrected chi connectivity index (χ4v) is 4.27. The monoisotopic (exact) mass is 384 g/mol. The summed E-state index contributed by atoms with van der Waals surface area (Å²) in [6.07, 6.45) is 0. The van der Waals surface area contributed by atoms with Crippen LogP contribution in [0, 0.1) is 0 Å². The number of amides is 1. The molecule has 0 unspecified atom stereocenters. The van der Waals surface area contributed by atoms with E-state index in [0.29, 0.717) is 26.6 Å². The fraction of sp³-hybridized carbons (Fsp3) is 0.0526. The van der Waals surface area contributed by atoms with E-state index in [2.05, 4.69) is 10.6 Å². The third-order valence-corrected chi connectivity index (χ3v) is 5.72. The van der Waals surface area contributed by atoms with Crippen molar-refractivity contribution in [2.24, 2.45) is 0 Å². The number of fused-ring (bicyclic) bond motifs is 2. The molecule has 0 bridgehead atoms. The molecule has 1 amide bonds. The molecule has 4 rings (SSSR count). The number of anilines is 2. The molecule has 2 heterocycles. The van der Waals surface area contributed by atoms with Crippen molar-refractivity contribution in [1.82, 2.24) is 0 Å². The SMILES string of the molecule is CNc1c(NC(=O)c2sc3ccccc3c2Cl)c(=O)oc2ccccc12. The van der Waals surface area contributed by atoms with Gasteiger partial charge in [0.1, 0.15) is 10.5 Å². The lowest BCUT2D eigenvalue weighted by Gasteiger charge is -2.11. The maximum atomic E-state index is 12.8. The van der Waals surface area contributed by atoms with Crippen LogP contribution in [-0.2, 0) is 0 Å². The van der Waals surface area contributed by atoms with Gasteiger partial charge in [0.15, 0.2) is 5.69 Å². The number of halogens is 1. The van der Waals surface area contributed by atoms with Gasteiger partial charge in [0, 0.05) is 22.5 Å². The van der Waals surface area contributed by atoms with Gasteiger partial charge in [-0.1, -0.05) is 41.9 Å². The van der Waals surface area contributed by atoms with Crippen LogP contribution in [-0.4, -0.2) is 13.0 Å². The van der Waals surface area contributed by atoms with Gasteiger partial charge in [-0.05, 0) is 18.2 Å². The summed E-state index contributed by atoms with van der Waals surface area (Å²) < 4.78 is 6.23. The quantitative estimate of drug-likeness (QED) is 0.490. The lowest BCUT2D eigenvalue weighted by molar-refractivity contribution is 0.103. The summed E-state index contributed by atoms with van der Waals surface area (Å²) in [5.74, 6) is -0.449. The molecule has 0 aliphatic carbocycles. The van der Waals surface area contributed by atoms with E-state index in [4.69, 9.17) is 16.0 Å². The van der Waals surface area contributed by atoms with Gasteiger partial charge in [-0.25, -0.2) is 4.79 Å². The van der Waals surface area contributed by atoms with Crippen molar-refractivity contribution in [2.45, 2.75) is 0 Å². The first kappa shape index (κ1) is 16.6. The molecule has 26 heavy (non-hydrogen) atoms. The van der Waals surface area contributed by atoms with Crippen molar-refractivity contribution < 1.29 is 9.21 Å². The summed E-state index contributed by atoms with van der Waals surface area (Å²) in [4.78, 5) is 25.5. The van der Waals surface area contributed by atoms with Gasteiger partial charge in [-0.3, -0.25) is 4.79 Å². The number of rotatable bonds is 3. The van der Waals surface area contributed by atoms with Crippen LogP contribution >= 0.6 is 22.9 Å². The number of carbonyl (C=O) groups is 1. The number of carbonyl (C=O) groups excluding carboxylic acids is 1. The van der Waals surface area contributed by atoms with Crippen molar-refractivity contribution in [3.8, 4) is 0 Å². The Morgan fingerprint density at radius 3 is 2.46 bits per heavy atom. The minimum Gasteiger partial charge on any atom is -0.421 e. The lowest BCUT2D eigenvalue weighted by atomic mass is 10.2. The highest BCUT2D eigenvalue weighted by atomic mass is 35.5. The zero-order valence-electron chi connectivity index (χ0n) is 13.6. The Labute approximate surface area is 157 Å². The van der Waals surface area contributed by atoms with Crippen LogP contribution in [0.15, 0.2) is 57.7 Å². The Hall–Kier alpha value is -2.83. The lowest BCUT2D eigenvalue weighted by Crippen LogP contribution is -2.19. The van der Waals surface area contributed by atoms with Crippen molar-refractivity contribution in [2.75, 3.05) is 17.7 Å². The zero-order chi connectivity index (χ0) is 18.3. The van der Waals surface area contributed by atoms with Crippen LogP contribution in [0.3, 0.4) is 0 Å². The van der Waals surface area contributed by atoms with Crippen molar-refractivity contribution in [3.63, 3.8) is 0 Å². The first-order valence-corrected chi connectivity index (χ1v) is 9.01. The maximum absolute atomic E-state index is 12.8. The molecule has 130 valence electrons. The Morgan fingerprint density at radius 1 is 1.04 bits per heavy atom. The molecule has 0 aliphatic heterocycles. The number of hydrogen-bond acceptors (Lipinski definition) is 5. The van der Waals surface area contributed by atoms with Gasteiger partial charge >= 0.3 is 5.63 Å². The van der Waals surface area contributed by atoms with E-state index in [0.717, 1.165) is 10.1 Å². The van der Waals surface area contributed by atoms with Gasteiger partial charge in [-0.15, -0.1) is 11.3 Å². The van der Waals surface area contributed by atoms with Crippen LogP contribution in [0.1, 0.15) is 9.67 Å². The summed E-state index contributed by atoms with van der Waals surface area (Å²) in [6.45, 7) is 0. The van der Waals surface area contributed by atoms with Crippen molar-refractivity contribution >= 4 is 61.3 Å². The van der Waals surface area contributed by atoms with Gasteiger partial charge in [0.25, 0.3) is 5.91 Å². The Bertz CT molecular complexity index is 1210. The predicted molar refractivity (Wildman–Crippen MR) is 107 cm³/mol. The second-order valence-electron chi connectivity index (χ2n) is 5.58. The number of nitrogens with one attached hydrogen (secondary N) is 2. The molecule has 0 aliphatic rings. The fourth-order valence-electron chi connectivity index (χ4n) is 2.85. The van der Waals surface area contributed by atoms with Gasteiger partial charge < -0.3 is 15.1 Å². The van der Waals surface area contributed by atoms with Crippen LogP contribution in [0.4, 0.5) is 11.4 Å². The standard InChI is InChI=1S/C19H13ClN2O3S/c1-21-15-10-6-2-4-8-12(10)25-19(24)16(15)22-18(23)17-14(20)11-7-3-5-9-13(11)26-17/h2-9,21H,1H3,(H,22,23). The van der Waals surface area contributed by atoms with E-state index < -0.39 is 11.5 Å². The van der Waals surface area contributed by atoms with E-state index in [9.17, 15) is 9.59 Å². The number of hydrogen-bond donors (Lipinski definition) is 2. The second-order valence-corrected chi connectivity index (χ2v) is 7.01. The van der Waals surface area contributed by atoms with Crippen LogP contribution < -0.4 is 16.3 Å². The Morgan fingerprint density at radius 2 is 1.73 bits per heavy atom. The summed E-state index contributed by atoms with van der Waals surface area (Å²) in [5, 5.41) is 7.52. The van der Waals surface area contributed by atoms with Gasteiger partial charge in [-0.2, -0.15) is 0 Å². The molecule has 2 N–H and O–H groups in total. The molecule has 0 saturated carbocycles. The molecule has 0 radical (unpaired) electrons. The van der Waals surface area contributed by atoms with E-state index in [1.54, 1.807) is 19.2 Å². The van der Waals surface area contributed by atoms with Crippen molar-refractivity contribution in [3.05, 3.63) is 68.9 Å². The molecule has 4 aromatic rings. The average Bonchev–Trinajstić information content (AvgIpc) is 2.99. The van der Waals surface area contributed by atoms with Crippen LogP contribution in [0.2, 0.25) is 5.02 Å². The average molecular weight is 385 g/mol. The predicted octanol–water partition coefficient (Wildman–Crippen LogP) is 4.96. The summed E-state index contributed by atoms with van der Waals surface area (Å²) >= 11 is 7.64. The van der Waals surface area contributed by atoms with Crippen LogP contribution in [0.5, 0.6) is 0 Å². The highest BCUT2D eigenvalue weighted by Gasteiger charge is 2.21. The largest absolute Gasteiger partial charge is 0.421 e. The first-order chi connectivity index (χ1) is 12.6. The molecule has 0 spiro atoms. The number of para-hydroxylation sites is 1. The number of thiophene rings is 1. The highest BCUT2D eigenvalue weighted by Crippen LogP contribution is 2.36. The van der Waals surface area contributed by atoms with E-state index in [-0.39, 0.29) is 5.69 Å². The Kier molecular flexibility index (Phi) is 4.14. The highest BCUT2D eigenvalue weighted by molar-refractivity contribution is 7.21. The van der Waals surface area contributed by atoms with E-state index in [1.807, 2.05) is 36.4 Å². The minimum absolute atomic E-state index is 0.0599. The molecule has 0 atom stereocenters. The summed E-state index contributed by atoms with van der Waals surface area (Å²) in [6, 6.07) is 14.6. The second kappa shape index (κ2) is 6.48. The van der Waals surface area contributed by atoms with Crippen molar-refractivity contribution in [1.29, 1.82) is 0 Å². The summed E-state index contributed by atoms with van der Waals surface area (Å²) in [5.41, 5.74) is 0.380. The zero-order valence-corrected chi connectivity index (χ0v) is 15.2. The maximum Gasteiger partial charge on any atom is 0.362 e. The molecule has 0 fully saturated rings. The van der Waals surface area contributed by atoms with Gasteiger partial charge in [0.05, 0.1) is 10.7 Å². The molecular weight excluding hydrogens is 372 g/mol. The molecule has 7 heteroatoms. The first-order valence-electron chi connectivity index (χ1n) is 7.82. The van der Waals surface area contributed by atoms with E-state index >= 15 is 0 Å². The Balaban J connectivity index is 1.81.